The molecule has 4 aliphatic carbocycles. The summed E-state index contributed by atoms with van der Waals surface area (Å²) in [6.45, 7) is 10.3. The molecule has 0 atom stereocenters. The average Bonchev–Trinajstić information content (AvgIpc) is 3.52. The van der Waals surface area contributed by atoms with Crippen LogP contribution in [-0.2, 0) is 5.41 Å². The molecule has 2 heterocycles. The molecule has 0 unspecified atom stereocenters. The van der Waals surface area contributed by atoms with Gasteiger partial charge in [-0.2, -0.15) is 5.10 Å². The van der Waals surface area contributed by atoms with E-state index in [1.807, 2.05) is 6.20 Å². The highest BCUT2D eigenvalue weighted by Gasteiger charge is 2.50. The molecule has 2 aromatic heterocycles. The summed E-state index contributed by atoms with van der Waals surface area (Å²) in [6, 6.07) is 14.1. The largest absolute Gasteiger partial charge is 0.363 e. The second-order valence-electron chi connectivity index (χ2n) is 13.8. The number of nitrogens with zero attached hydrogens (tertiary/aromatic N) is 5. The lowest BCUT2D eigenvalue weighted by Gasteiger charge is -2.55. The molecular weight excluding hydrogens is 502 g/mol. The molecule has 4 saturated carbocycles. The van der Waals surface area contributed by atoms with Gasteiger partial charge in [0.25, 0.3) is 0 Å². The van der Waals surface area contributed by atoms with Crippen LogP contribution >= 0.6 is 0 Å². The van der Waals surface area contributed by atoms with Crippen molar-refractivity contribution >= 4 is 11.5 Å². The van der Waals surface area contributed by atoms with Gasteiger partial charge in [0.05, 0.1) is 6.20 Å². The molecule has 0 spiro atoms. The minimum atomic E-state index is 0.307. The maximum atomic E-state index is 4.81. The van der Waals surface area contributed by atoms with Gasteiger partial charge in [0.2, 0.25) is 0 Å². The van der Waals surface area contributed by atoms with Crippen molar-refractivity contribution in [3.8, 4) is 11.1 Å². The number of aromatic nitrogens is 3. The van der Waals surface area contributed by atoms with Crippen molar-refractivity contribution in [3.63, 3.8) is 0 Å². The first kappa shape index (κ1) is 28.1. The van der Waals surface area contributed by atoms with Crippen LogP contribution in [0.1, 0.15) is 96.1 Å². The number of hydrogen-bond acceptors (Lipinski definition) is 4. The van der Waals surface area contributed by atoms with Crippen LogP contribution in [0.2, 0.25) is 0 Å². The first-order valence-corrected chi connectivity index (χ1v) is 16.0. The second kappa shape index (κ2) is 11.3. The van der Waals surface area contributed by atoms with E-state index < -0.39 is 0 Å². The molecule has 41 heavy (non-hydrogen) atoms. The van der Waals surface area contributed by atoms with Crippen LogP contribution in [0.4, 0.5) is 11.5 Å². The number of allylic oxidation sites excluding steroid dienone is 1. The third-order valence-corrected chi connectivity index (χ3v) is 10.8. The molecule has 0 aliphatic heterocycles. The molecule has 0 amide bonds. The van der Waals surface area contributed by atoms with E-state index in [4.69, 9.17) is 11.6 Å². The van der Waals surface area contributed by atoms with Gasteiger partial charge in [-0.1, -0.05) is 44.0 Å². The summed E-state index contributed by atoms with van der Waals surface area (Å²) in [5.41, 5.74) is 7.20. The minimum Gasteiger partial charge on any atom is -0.363 e. The number of hydrogen-bond donors (Lipinski definition) is 0. The highest BCUT2D eigenvalue weighted by molar-refractivity contribution is 5.68. The molecule has 7 rings (SSSR count). The maximum absolute atomic E-state index is 4.81. The second-order valence-corrected chi connectivity index (χ2v) is 13.8. The van der Waals surface area contributed by atoms with E-state index in [0.29, 0.717) is 22.8 Å². The van der Waals surface area contributed by atoms with Crippen molar-refractivity contribution in [2.24, 2.45) is 11.3 Å². The summed E-state index contributed by atoms with van der Waals surface area (Å²) < 4.78 is 2.06. The zero-order valence-corrected chi connectivity index (χ0v) is 25.8. The van der Waals surface area contributed by atoms with Gasteiger partial charge in [0.1, 0.15) is 5.82 Å². The normalized spacial score (nSPS) is 24.5. The Balaban J connectivity index is 1.25. The number of rotatable bonds is 9. The molecule has 1 aromatic carbocycles. The lowest BCUT2D eigenvalue weighted by molar-refractivity contribution is 0.0459. The fourth-order valence-corrected chi connectivity index (χ4v) is 7.87. The summed E-state index contributed by atoms with van der Waals surface area (Å²) in [4.78, 5) is 9.53. The molecule has 5 heteroatoms. The van der Waals surface area contributed by atoms with Crippen molar-refractivity contribution in [2.45, 2.75) is 95.9 Å². The fourth-order valence-electron chi connectivity index (χ4n) is 7.87. The van der Waals surface area contributed by atoms with E-state index in [9.17, 15) is 0 Å². The first-order valence-electron chi connectivity index (χ1n) is 16.0. The maximum Gasteiger partial charge on any atom is 0.127 e. The van der Waals surface area contributed by atoms with Crippen LogP contribution < -0.4 is 9.80 Å². The molecule has 0 N–H and O–H groups in total. The topological polar surface area (TPSA) is 37.2 Å². The smallest absolute Gasteiger partial charge is 0.127 e. The Hall–Kier alpha value is -3.08. The van der Waals surface area contributed by atoms with Crippen LogP contribution in [0.25, 0.3) is 11.1 Å². The number of benzene rings is 1. The fraction of sp³-hybridized carbons (Fsp3) is 0.556. The summed E-state index contributed by atoms with van der Waals surface area (Å²) in [6.07, 6.45) is 20.6. The average molecular weight is 552 g/mol. The Kier molecular flexibility index (Phi) is 7.74. The van der Waals surface area contributed by atoms with E-state index >= 15 is 0 Å². The van der Waals surface area contributed by atoms with Gasteiger partial charge in [0.15, 0.2) is 0 Å². The van der Waals surface area contributed by atoms with Gasteiger partial charge >= 0.3 is 0 Å². The van der Waals surface area contributed by atoms with E-state index in [-0.39, 0.29) is 0 Å². The molecule has 218 valence electrons. The molecule has 4 aliphatic rings. The summed E-state index contributed by atoms with van der Waals surface area (Å²) in [7, 11) is 4.13. The van der Waals surface area contributed by atoms with Gasteiger partial charge in [-0.15, -0.1) is 0 Å². The van der Waals surface area contributed by atoms with Crippen LogP contribution in [0, 0.1) is 11.3 Å². The Bertz CT molecular complexity index is 1320. The molecule has 3 aromatic rings. The highest BCUT2D eigenvalue weighted by Crippen LogP contribution is 2.58. The Morgan fingerprint density at radius 2 is 1.68 bits per heavy atom. The molecule has 4 fully saturated rings. The number of pyridine rings is 1. The van der Waals surface area contributed by atoms with E-state index in [1.165, 1.54) is 98.7 Å². The van der Waals surface area contributed by atoms with Crippen molar-refractivity contribution in [1.82, 2.24) is 14.8 Å². The van der Waals surface area contributed by atoms with E-state index in [0.717, 1.165) is 12.4 Å². The molecular formula is C36H49N5. The standard InChI is InChI=1S/C36H49N5/c1-27(2)41-25-31(23-38-41)30-12-9-13-33(22-30)40(28(3)29-10-7-6-8-11-29)26-35-16-19-36(20-17-35,21-18-35)32-14-15-34(37-24-32)39(4)5/h9,12-15,22-25,27,29H,3,6-8,10-11,16-21,26H2,1-2,4-5H3. The third-order valence-electron chi connectivity index (χ3n) is 10.8. The van der Waals surface area contributed by atoms with Crippen LogP contribution in [0.15, 0.2) is 67.3 Å². The predicted molar refractivity (Wildman–Crippen MR) is 171 cm³/mol. The van der Waals surface area contributed by atoms with Gasteiger partial charge in [-0.3, -0.25) is 4.68 Å². The van der Waals surface area contributed by atoms with Crippen molar-refractivity contribution in [2.75, 3.05) is 30.4 Å². The Labute approximate surface area is 247 Å². The summed E-state index contributed by atoms with van der Waals surface area (Å²) in [5, 5.41) is 4.62. The van der Waals surface area contributed by atoms with E-state index in [1.54, 1.807) is 0 Å². The Morgan fingerprint density at radius 3 is 2.29 bits per heavy atom. The van der Waals surface area contributed by atoms with Crippen LogP contribution in [0.3, 0.4) is 0 Å². The van der Waals surface area contributed by atoms with Gasteiger partial charge in [0, 0.05) is 56.0 Å². The Morgan fingerprint density at radius 1 is 0.951 bits per heavy atom. The zero-order chi connectivity index (χ0) is 28.6. The van der Waals surface area contributed by atoms with Gasteiger partial charge in [-0.25, -0.2) is 4.98 Å². The van der Waals surface area contributed by atoms with Crippen molar-refractivity contribution in [1.29, 1.82) is 0 Å². The van der Waals surface area contributed by atoms with Crippen LogP contribution in [0.5, 0.6) is 0 Å². The third kappa shape index (κ3) is 5.57. The number of fused-ring (bicyclic) bond motifs is 3. The summed E-state index contributed by atoms with van der Waals surface area (Å²) in [5.74, 6) is 1.64. The van der Waals surface area contributed by atoms with E-state index in [2.05, 4.69) is 96.3 Å². The lowest BCUT2D eigenvalue weighted by atomic mass is 9.52. The molecule has 5 nitrogen and oxygen atoms in total. The number of anilines is 2. The quantitative estimate of drug-likeness (QED) is 0.266. The zero-order valence-electron chi connectivity index (χ0n) is 25.8. The van der Waals surface area contributed by atoms with Gasteiger partial charge < -0.3 is 9.80 Å². The van der Waals surface area contributed by atoms with Crippen LogP contribution in [-0.4, -0.2) is 35.4 Å². The SMILES string of the molecule is C=C(C1CCCCC1)N(CC12CCC(c3ccc(N(C)C)nc3)(CC1)CC2)c1cccc(-c2cnn(C(C)C)c2)c1. The minimum absolute atomic E-state index is 0.307. The lowest BCUT2D eigenvalue weighted by Crippen LogP contribution is -2.49. The molecule has 0 saturated heterocycles. The molecule has 0 radical (unpaired) electrons. The van der Waals surface area contributed by atoms with Crippen molar-refractivity contribution < 1.29 is 0 Å². The summed E-state index contributed by atoms with van der Waals surface area (Å²) >= 11 is 0. The monoisotopic (exact) mass is 551 g/mol. The predicted octanol–water partition coefficient (Wildman–Crippen LogP) is 8.78. The first-order chi connectivity index (χ1) is 19.8. The highest BCUT2D eigenvalue weighted by atomic mass is 15.3. The van der Waals surface area contributed by atoms with Crippen molar-refractivity contribution in [3.05, 3.63) is 72.8 Å². The molecule has 2 bridgehead atoms. The van der Waals surface area contributed by atoms with Gasteiger partial charge in [-0.05, 0) is 111 Å².